The second kappa shape index (κ2) is 6.27. The van der Waals surface area contributed by atoms with Gasteiger partial charge in [0.25, 0.3) is 5.79 Å². The molecule has 0 atom stereocenters. The maximum Gasteiger partial charge on any atom is 0.517 e. The number of ether oxygens (including phenoxy) is 3. The van der Waals surface area contributed by atoms with Crippen LogP contribution in [-0.4, -0.2) is 17.9 Å². The third-order valence-corrected chi connectivity index (χ3v) is 2.48. The molecule has 0 aliphatic carbocycles. The summed E-state index contributed by atoms with van der Waals surface area (Å²) in [6.07, 6.45) is -0.983. The van der Waals surface area contributed by atoms with E-state index >= 15 is 0 Å². The Kier molecular flexibility index (Phi) is 4.93. The van der Waals surface area contributed by atoms with Crippen LogP contribution in [-0.2, 0) is 14.3 Å². The first-order valence-electron chi connectivity index (χ1n) is 6.23. The fourth-order valence-corrected chi connectivity index (χ4v) is 1.82. The van der Waals surface area contributed by atoms with E-state index in [2.05, 4.69) is 4.85 Å². The molecule has 1 rings (SSSR count). The quantitative estimate of drug-likeness (QED) is 0.368. The van der Waals surface area contributed by atoms with Gasteiger partial charge in [0.2, 0.25) is 0 Å². The Morgan fingerprint density at radius 1 is 1.14 bits per heavy atom. The number of rotatable bonds is 3. The van der Waals surface area contributed by atoms with Crippen LogP contribution >= 0.6 is 0 Å². The first-order chi connectivity index (χ1) is 9.64. The molecule has 0 N–H and O–H groups in total. The maximum absolute atomic E-state index is 11.8. The van der Waals surface area contributed by atoms with Gasteiger partial charge >= 0.3 is 12.1 Å². The summed E-state index contributed by atoms with van der Waals surface area (Å²) in [5.41, 5.74) is 1.75. The molecular weight excluding hydrogens is 274 g/mol. The third-order valence-electron chi connectivity index (χ3n) is 2.48. The smallest absolute Gasteiger partial charge is 0.423 e. The van der Waals surface area contributed by atoms with E-state index in [1.807, 2.05) is 0 Å². The number of carbonyl (C=O) groups is 2. The molecule has 112 valence electrons. The predicted molar refractivity (Wildman–Crippen MR) is 75.1 cm³/mol. The molecular formula is C15H17NO5. The standard InChI is InChI=1S/C15H17NO5/c1-9-7-12(16-6)8-10(2)13(9)19-14(18)21-15(4,5)20-11(3)17/h7-8H,1-5H3. The van der Waals surface area contributed by atoms with Crippen LogP contribution in [0, 0.1) is 20.4 Å². The summed E-state index contributed by atoms with van der Waals surface area (Å²) in [4.78, 5) is 26.0. The lowest BCUT2D eigenvalue weighted by Gasteiger charge is -2.24. The van der Waals surface area contributed by atoms with Gasteiger partial charge in [-0.15, -0.1) is 0 Å². The number of benzene rings is 1. The fraction of sp³-hybridized carbons (Fsp3) is 0.400. The molecule has 0 heterocycles. The van der Waals surface area contributed by atoms with E-state index < -0.39 is 17.9 Å². The van der Waals surface area contributed by atoms with Crippen LogP contribution in [0.4, 0.5) is 10.5 Å². The highest BCUT2D eigenvalue weighted by Crippen LogP contribution is 2.29. The third kappa shape index (κ3) is 4.80. The first-order valence-corrected chi connectivity index (χ1v) is 6.23. The van der Waals surface area contributed by atoms with Crippen LogP contribution in [0.15, 0.2) is 12.1 Å². The van der Waals surface area contributed by atoms with Crippen molar-refractivity contribution in [3.8, 4) is 5.75 Å². The van der Waals surface area contributed by atoms with Crippen LogP contribution in [0.1, 0.15) is 31.9 Å². The van der Waals surface area contributed by atoms with Crippen LogP contribution in [0.2, 0.25) is 0 Å². The minimum atomic E-state index is -1.42. The van der Waals surface area contributed by atoms with Gasteiger partial charge in [0.1, 0.15) is 5.75 Å². The highest BCUT2D eigenvalue weighted by atomic mass is 16.8. The molecule has 0 unspecified atom stereocenters. The van der Waals surface area contributed by atoms with E-state index in [1.165, 1.54) is 20.8 Å². The Morgan fingerprint density at radius 2 is 1.67 bits per heavy atom. The largest absolute Gasteiger partial charge is 0.517 e. The highest BCUT2D eigenvalue weighted by Gasteiger charge is 2.28. The van der Waals surface area contributed by atoms with E-state index in [1.54, 1.807) is 26.0 Å². The number of hydrogen-bond donors (Lipinski definition) is 0. The van der Waals surface area contributed by atoms with Crippen molar-refractivity contribution in [2.24, 2.45) is 0 Å². The number of esters is 1. The van der Waals surface area contributed by atoms with E-state index in [4.69, 9.17) is 20.8 Å². The lowest BCUT2D eigenvalue weighted by atomic mass is 10.1. The Labute approximate surface area is 123 Å². The van der Waals surface area contributed by atoms with E-state index in [-0.39, 0.29) is 0 Å². The van der Waals surface area contributed by atoms with Crippen LogP contribution in [0.3, 0.4) is 0 Å². The average Bonchev–Trinajstić information content (AvgIpc) is 2.30. The topological polar surface area (TPSA) is 66.2 Å². The SMILES string of the molecule is [C-]#[N+]c1cc(C)c(OC(=O)OC(C)(C)OC(C)=O)c(C)c1. The Balaban J connectivity index is 2.85. The van der Waals surface area contributed by atoms with Crippen LogP contribution in [0.25, 0.3) is 4.85 Å². The van der Waals surface area contributed by atoms with Gasteiger partial charge in [-0.05, 0) is 37.1 Å². The molecule has 0 saturated heterocycles. The van der Waals surface area contributed by atoms with Gasteiger partial charge in [-0.3, -0.25) is 4.79 Å². The number of hydrogen-bond acceptors (Lipinski definition) is 5. The van der Waals surface area contributed by atoms with Crippen LogP contribution in [0.5, 0.6) is 5.75 Å². The molecule has 0 aliphatic rings. The minimum Gasteiger partial charge on any atom is -0.423 e. The van der Waals surface area contributed by atoms with Gasteiger partial charge in [0, 0.05) is 20.8 Å². The fourth-order valence-electron chi connectivity index (χ4n) is 1.82. The average molecular weight is 291 g/mol. The minimum absolute atomic E-state index is 0.325. The summed E-state index contributed by atoms with van der Waals surface area (Å²) >= 11 is 0. The Bertz CT molecular complexity index is 590. The highest BCUT2D eigenvalue weighted by molar-refractivity contribution is 5.69. The zero-order valence-electron chi connectivity index (χ0n) is 12.6. The molecule has 0 aromatic heterocycles. The molecule has 1 aromatic rings. The summed E-state index contributed by atoms with van der Waals surface area (Å²) in [7, 11) is 0. The van der Waals surface area contributed by atoms with Crippen molar-refractivity contribution in [2.75, 3.05) is 0 Å². The van der Waals surface area contributed by atoms with E-state index in [0.717, 1.165) is 0 Å². The van der Waals surface area contributed by atoms with Gasteiger partial charge in [-0.2, -0.15) is 0 Å². The molecule has 0 amide bonds. The lowest BCUT2D eigenvalue weighted by Crippen LogP contribution is -2.34. The van der Waals surface area contributed by atoms with Gasteiger partial charge in [0.05, 0.1) is 6.57 Å². The Hall–Kier alpha value is -2.55. The van der Waals surface area contributed by atoms with Crippen molar-refractivity contribution in [2.45, 2.75) is 40.4 Å². The second-order valence-electron chi connectivity index (χ2n) is 4.97. The molecule has 0 spiro atoms. The summed E-state index contributed by atoms with van der Waals surface area (Å²) in [5.74, 6) is -1.66. The Morgan fingerprint density at radius 3 is 2.10 bits per heavy atom. The summed E-state index contributed by atoms with van der Waals surface area (Å²) < 4.78 is 14.9. The molecule has 0 bridgehead atoms. The van der Waals surface area contributed by atoms with Crippen molar-refractivity contribution in [3.05, 3.63) is 34.7 Å². The van der Waals surface area contributed by atoms with E-state index in [0.29, 0.717) is 22.6 Å². The number of nitrogens with zero attached hydrogens (tertiary/aromatic N) is 1. The second-order valence-corrected chi connectivity index (χ2v) is 4.97. The summed E-state index contributed by atoms with van der Waals surface area (Å²) in [6, 6.07) is 3.22. The monoisotopic (exact) mass is 291 g/mol. The predicted octanol–water partition coefficient (Wildman–Crippen LogP) is 3.67. The van der Waals surface area contributed by atoms with Crippen molar-refractivity contribution in [1.29, 1.82) is 0 Å². The van der Waals surface area contributed by atoms with Gasteiger partial charge in [-0.1, -0.05) is 0 Å². The maximum atomic E-state index is 11.8. The molecule has 0 aliphatic heterocycles. The van der Waals surface area contributed by atoms with Gasteiger partial charge < -0.3 is 14.2 Å². The van der Waals surface area contributed by atoms with Crippen molar-refractivity contribution in [3.63, 3.8) is 0 Å². The molecule has 21 heavy (non-hydrogen) atoms. The molecule has 0 fully saturated rings. The number of aryl methyl sites for hydroxylation is 2. The molecule has 6 nitrogen and oxygen atoms in total. The zero-order valence-corrected chi connectivity index (χ0v) is 12.6. The van der Waals surface area contributed by atoms with Crippen LogP contribution < -0.4 is 4.74 Å². The first kappa shape index (κ1) is 16.5. The van der Waals surface area contributed by atoms with Gasteiger partial charge in [0.15, 0.2) is 5.69 Å². The molecule has 0 radical (unpaired) electrons. The molecule has 6 heteroatoms. The van der Waals surface area contributed by atoms with Gasteiger partial charge in [-0.25, -0.2) is 9.64 Å². The molecule has 1 aromatic carbocycles. The lowest BCUT2D eigenvalue weighted by molar-refractivity contribution is -0.195. The zero-order chi connectivity index (χ0) is 16.2. The molecule has 0 saturated carbocycles. The van der Waals surface area contributed by atoms with E-state index in [9.17, 15) is 9.59 Å². The normalized spacial score (nSPS) is 10.5. The summed E-state index contributed by atoms with van der Waals surface area (Å²) in [6.45, 7) is 14.5. The van der Waals surface area contributed by atoms with Crippen molar-refractivity contribution >= 4 is 17.8 Å². The summed E-state index contributed by atoms with van der Waals surface area (Å²) in [5, 5.41) is 0. The van der Waals surface area contributed by atoms with Crippen molar-refractivity contribution in [1.82, 2.24) is 0 Å². The number of carbonyl (C=O) groups excluding carboxylic acids is 2. The van der Waals surface area contributed by atoms with Crippen molar-refractivity contribution < 1.29 is 23.8 Å².